The number of hydrogen-bond acceptors (Lipinski definition) is 10. The molecular weight excluding hydrogens is 617 g/mol. The number of nitrogens with one attached hydrogen (secondary N) is 1. The van der Waals surface area contributed by atoms with Crippen LogP contribution in [-0.2, 0) is 34.5 Å². The highest BCUT2D eigenvalue weighted by molar-refractivity contribution is 5.85. The second kappa shape index (κ2) is 11.7. The van der Waals surface area contributed by atoms with Gasteiger partial charge in [-0.05, 0) is 100 Å². The molecule has 252 valence electrons. The minimum absolute atomic E-state index is 0.171. The third-order valence-corrected chi connectivity index (χ3v) is 9.98. The summed E-state index contributed by atoms with van der Waals surface area (Å²) in [5.74, 6) is 0.271. The zero-order valence-electron chi connectivity index (χ0n) is 27.5. The van der Waals surface area contributed by atoms with Crippen molar-refractivity contribution in [2.75, 3.05) is 25.0 Å². The Morgan fingerprint density at radius 3 is 2.90 bits per heavy atom. The van der Waals surface area contributed by atoms with Gasteiger partial charge in [-0.25, -0.2) is 9.18 Å². The van der Waals surface area contributed by atoms with E-state index in [2.05, 4.69) is 20.5 Å². The van der Waals surface area contributed by atoms with E-state index in [4.69, 9.17) is 29.0 Å². The van der Waals surface area contributed by atoms with Crippen molar-refractivity contribution in [2.45, 2.75) is 95.2 Å². The van der Waals surface area contributed by atoms with E-state index in [1.807, 2.05) is 63.2 Å². The van der Waals surface area contributed by atoms with Gasteiger partial charge in [0, 0.05) is 25.1 Å². The van der Waals surface area contributed by atoms with Gasteiger partial charge >= 0.3 is 12.1 Å². The van der Waals surface area contributed by atoms with Crippen LogP contribution >= 0.6 is 0 Å². The van der Waals surface area contributed by atoms with Gasteiger partial charge in [-0.15, -0.1) is 5.10 Å². The second-order valence-corrected chi connectivity index (χ2v) is 14.5. The minimum atomic E-state index is -0.865. The molecule has 12 nitrogen and oxygen atoms in total. The summed E-state index contributed by atoms with van der Waals surface area (Å²) in [6.45, 7) is 7.29. The molecule has 2 saturated heterocycles. The number of ether oxygens (including phenoxy) is 3. The lowest BCUT2D eigenvalue weighted by Gasteiger charge is -2.42. The number of carbonyl (C=O) groups excluding carboxylic acids is 1. The molecule has 0 bridgehead atoms. The lowest BCUT2D eigenvalue weighted by atomic mass is 9.74. The van der Waals surface area contributed by atoms with Crippen LogP contribution in [0.2, 0.25) is 0 Å². The summed E-state index contributed by atoms with van der Waals surface area (Å²) < 4.78 is 33.1. The zero-order chi connectivity index (χ0) is 33.1. The summed E-state index contributed by atoms with van der Waals surface area (Å²) in [6, 6.07) is 13.6. The molecule has 4 aromatic rings. The third kappa shape index (κ3) is 5.72. The van der Waals surface area contributed by atoms with Crippen molar-refractivity contribution in [3.63, 3.8) is 0 Å². The van der Waals surface area contributed by atoms with Crippen molar-refractivity contribution in [2.24, 2.45) is 0 Å². The molecule has 13 heteroatoms. The standard InChI is InChI=1S/C35H40FN7O5/c1-33(2,3)47-32(44)37-24-12-11-22-8-6-14-35(26(22)16-24)18-28-25(20-46-35)30(48-43-29-10-5-4-9-27(29)40-41-43)39-31(38-28)45-21-34-13-7-15-42(34)19-23(36)17-34/h4-5,9-12,16,23H,6-8,13-15,17-21H2,1-3H3,(H,37,44)/t23-,34+,35+/m1/s1. The van der Waals surface area contributed by atoms with Crippen LogP contribution in [0.4, 0.5) is 14.9 Å². The smallest absolute Gasteiger partial charge is 0.412 e. The lowest BCUT2D eigenvalue weighted by molar-refractivity contribution is -0.0870. The average Bonchev–Trinajstić information content (AvgIpc) is 3.71. The predicted octanol–water partition coefficient (Wildman–Crippen LogP) is 5.67. The molecule has 48 heavy (non-hydrogen) atoms. The van der Waals surface area contributed by atoms with Crippen LogP contribution in [-0.4, -0.2) is 73.1 Å². The molecule has 1 aliphatic carbocycles. The monoisotopic (exact) mass is 657 g/mol. The van der Waals surface area contributed by atoms with Crippen LogP contribution in [0.3, 0.4) is 0 Å². The van der Waals surface area contributed by atoms with E-state index in [9.17, 15) is 9.18 Å². The Kier molecular flexibility index (Phi) is 7.51. The highest BCUT2D eigenvalue weighted by Gasteiger charge is 2.50. The van der Waals surface area contributed by atoms with Gasteiger partial charge in [0.1, 0.15) is 29.4 Å². The number of carbonyl (C=O) groups is 1. The largest absolute Gasteiger partial charge is 0.461 e. The van der Waals surface area contributed by atoms with E-state index >= 15 is 0 Å². The normalized spacial score (nSPS) is 25.0. The molecule has 2 aromatic carbocycles. The summed E-state index contributed by atoms with van der Waals surface area (Å²) in [5.41, 5.74) is 3.99. The van der Waals surface area contributed by atoms with Crippen molar-refractivity contribution < 1.29 is 28.2 Å². The second-order valence-electron chi connectivity index (χ2n) is 14.5. The maximum absolute atomic E-state index is 14.5. The first-order valence-corrected chi connectivity index (χ1v) is 16.8. The number of anilines is 1. The summed E-state index contributed by atoms with van der Waals surface area (Å²) in [6.07, 6.45) is 4.01. The molecule has 3 atom stereocenters. The number of fused-ring (bicyclic) bond motifs is 5. The molecule has 0 saturated carbocycles. The summed E-state index contributed by atoms with van der Waals surface area (Å²) in [7, 11) is 0. The van der Waals surface area contributed by atoms with Gasteiger partial charge in [0.15, 0.2) is 0 Å². The topological polar surface area (TPSA) is 126 Å². The fraction of sp³-hybridized carbons (Fsp3) is 0.514. The van der Waals surface area contributed by atoms with Gasteiger partial charge in [-0.3, -0.25) is 10.2 Å². The Morgan fingerprint density at radius 1 is 1.15 bits per heavy atom. The number of aromatic nitrogens is 5. The van der Waals surface area contributed by atoms with Gasteiger partial charge in [0.2, 0.25) is 0 Å². The van der Waals surface area contributed by atoms with Crippen molar-refractivity contribution in [1.29, 1.82) is 0 Å². The highest BCUT2D eigenvalue weighted by atomic mass is 19.1. The van der Waals surface area contributed by atoms with Crippen LogP contribution in [0, 0.1) is 0 Å². The Morgan fingerprint density at radius 2 is 2.02 bits per heavy atom. The molecule has 2 fully saturated rings. The first kappa shape index (κ1) is 30.9. The summed E-state index contributed by atoms with van der Waals surface area (Å²) in [5, 5.41) is 11.3. The first-order chi connectivity index (χ1) is 23.1. The molecular formula is C35H40FN7O5. The Balaban J connectivity index is 1.13. The van der Waals surface area contributed by atoms with E-state index in [1.54, 1.807) is 0 Å². The average molecular weight is 658 g/mol. The SMILES string of the molecule is CC(C)(C)OC(=O)Nc1ccc2c(c1)[C@]1(CCC2)Cc2nc(OC[C@@]34CCCN3C[C@H](F)C4)nc(On3nnc4ccccc43)c2CO1. The van der Waals surface area contributed by atoms with Crippen LogP contribution in [0.5, 0.6) is 11.9 Å². The molecule has 2 aromatic heterocycles. The first-order valence-electron chi connectivity index (χ1n) is 16.8. The highest BCUT2D eigenvalue weighted by Crippen LogP contribution is 2.47. The van der Waals surface area contributed by atoms with E-state index in [0.29, 0.717) is 48.3 Å². The Bertz CT molecular complexity index is 1880. The van der Waals surface area contributed by atoms with E-state index < -0.39 is 23.5 Å². The van der Waals surface area contributed by atoms with Crippen molar-refractivity contribution in [3.05, 3.63) is 64.8 Å². The van der Waals surface area contributed by atoms with E-state index in [1.165, 1.54) is 4.85 Å². The minimum Gasteiger partial charge on any atom is -0.461 e. The molecule has 1 amide bonds. The fourth-order valence-corrected chi connectivity index (χ4v) is 7.84. The number of para-hydroxylation sites is 1. The fourth-order valence-electron chi connectivity index (χ4n) is 7.84. The predicted molar refractivity (Wildman–Crippen MR) is 174 cm³/mol. The summed E-state index contributed by atoms with van der Waals surface area (Å²) >= 11 is 0. The van der Waals surface area contributed by atoms with Gasteiger partial charge < -0.3 is 19.0 Å². The van der Waals surface area contributed by atoms with Gasteiger partial charge in [-0.2, -0.15) is 9.97 Å². The maximum atomic E-state index is 14.5. The number of amides is 1. The van der Waals surface area contributed by atoms with Crippen LogP contribution in [0.1, 0.15) is 75.3 Å². The Labute approximate surface area is 277 Å². The number of halogens is 1. The number of aryl methyl sites for hydroxylation is 1. The molecule has 0 radical (unpaired) electrons. The van der Waals surface area contributed by atoms with Crippen molar-refractivity contribution in [1.82, 2.24) is 30.0 Å². The molecule has 4 aliphatic rings. The van der Waals surface area contributed by atoms with Crippen LogP contribution < -0.4 is 14.9 Å². The molecule has 1 N–H and O–H groups in total. The number of rotatable bonds is 6. The van der Waals surface area contributed by atoms with E-state index in [0.717, 1.165) is 55.5 Å². The van der Waals surface area contributed by atoms with Crippen molar-refractivity contribution >= 4 is 22.8 Å². The number of nitrogens with zero attached hydrogens (tertiary/aromatic N) is 6. The Hall–Kier alpha value is -4.36. The van der Waals surface area contributed by atoms with Crippen LogP contribution in [0.25, 0.3) is 11.0 Å². The molecule has 3 aliphatic heterocycles. The number of benzene rings is 2. The number of alkyl halides is 1. The quantitative estimate of drug-likeness (QED) is 0.277. The lowest BCUT2D eigenvalue weighted by Crippen LogP contribution is -2.43. The van der Waals surface area contributed by atoms with Gasteiger partial charge in [-0.1, -0.05) is 23.0 Å². The van der Waals surface area contributed by atoms with Crippen LogP contribution in [0.15, 0.2) is 42.5 Å². The molecule has 5 heterocycles. The summed E-state index contributed by atoms with van der Waals surface area (Å²) in [4.78, 5) is 32.1. The van der Waals surface area contributed by atoms with Crippen molar-refractivity contribution in [3.8, 4) is 11.9 Å². The molecule has 0 unspecified atom stereocenters. The van der Waals surface area contributed by atoms with Gasteiger partial charge in [0.25, 0.3) is 5.88 Å². The molecule has 8 rings (SSSR count). The number of hydrogen-bond donors (Lipinski definition) is 1. The molecule has 1 spiro atoms. The maximum Gasteiger partial charge on any atom is 0.412 e. The van der Waals surface area contributed by atoms with E-state index in [-0.39, 0.29) is 24.0 Å². The third-order valence-electron chi connectivity index (χ3n) is 9.98. The zero-order valence-corrected chi connectivity index (χ0v) is 27.5. The van der Waals surface area contributed by atoms with Gasteiger partial charge in [0.05, 0.1) is 29.0 Å².